The van der Waals surface area contributed by atoms with Crippen molar-refractivity contribution >= 4 is 0 Å². The van der Waals surface area contributed by atoms with Gasteiger partial charge in [0.15, 0.2) is 5.82 Å². The van der Waals surface area contributed by atoms with E-state index in [0.717, 1.165) is 52.4 Å². The molecule has 9 nitrogen and oxygen atoms in total. The van der Waals surface area contributed by atoms with E-state index in [0.29, 0.717) is 24.2 Å². The van der Waals surface area contributed by atoms with Gasteiger partial charge in [-0.3, -0.25) is 14.9 Å². The van der Waals surface area contributed by atoms with Crippen LogP contribution in [0.3, 0.4) is 0 Å². The lowest BCUT2D eigenvalue weighted by molar-refractivity contribution is 0.0339. The number of hydrogen-bond acceptors (Lipinski definition) is 8. The quantitative estimate of drug-likeness (QED) is 0.764. The van der Waals surface area contributed by atoms with Gasteiger partial charge in [0.05, 0.1) is 25.5 Å². The topological polar surface area (TPSA) is 92.5 Å². The van der Waals surface area contributed by atoms with E-state index >= 15 is 0 Å². The van der Waals surface area contributed by atoms with Crippen LogP contribution in [0, 0.1) is 0 Å². The molecule has 4 rings (SSSR count). The first-order chi connectivity index (χ1) is 13.7. The maximum Gasteiger partial charge on any atom is 0.243 e. The van der Waals surface area contributed by atoms with Gasteiger partial charge in [-0.2, -0.15) is 10.1 Å². The van der Waals surface area contributed by atoms with Crippen molar-refractivity contribution in [2.45, 2.75) is 44.9 Å². The van der Waals surface area contributed by atoms with Gasteiger partial charge in [0.1, 0.15) is 6.61 Å². The minimum Gasteiger partial charge on any atom is -0.379 e. The summed E-state index contributed by atoms with van der Waals surface area (Å²) in [7, 11) is 1.63. The molecule has 0 aliphatic carbocycles. The first-order valence-electron chi connectivity index (χ1n) is 10.1. The smallest absolute Gasteiger partial charge is 0.243 e. The summed E-state index contributed by atoms with van der Waals surface area (Å²) in [5.74, 6) is 1.70. The molecule has 4 heterocycles. The van der Waals surface area contributed by atoms with Crippen LogP contribution in [-0.4, -0.2) is 76.6 Å². The number of hydrogen-bond donors (Lipinski definition) is 1. The zero-order valence-corrected chi connectivity index (χ0v) is 16.8. The summed E-state index contributed by atoms with van der Waals surface area (Å²) in [6.07, 6.45) is 4.30. The number of morpholine rings is 1. The summed E-state index contributed by atoms with van der Waals surface area (Å²) in [5.41, 5.74) is 2.58. The molecule has 2 saturated heterocycles. The zero-order chi connectivity index (χ0) is 19.3. The van der Waals surface area contributed by atoms with Crippen molar-refractivity contribution in [2.24, 2.45) is 0 Å². The molecule has 2 aromatic rings. The van der Waals surface area contributed by atoms with Crippen LogP contribution in [-0.2, 0) is 22.6 Å². The molecule has 0 saturated carbocycles. The fourth-order valence-electron chi connectivity index (χ4n) is 4.18. The minimum atomic E-state index is 0.0894. The highest BCUT2D eigenvalue weighted by Crippen LogP contribution is 2.32. The fraction of sp³-hybridized carbons (Fsp3) is 0.737. The highest BCUT2D eigenvalue weighted by molar-refractivity contribution is 5.22. The van der Waals surface area contributed by atoms with Crippen LogP contribution in [0.4, 0.5) is 0 Å². The lowest BCUT2D eigenvalue weighted by Crippen LogP contribution is -2.38. The van der Waals surface area contributed by atoms with Crippen molar-refractivity contribution in [1.82, 2.24) is 30.1 Å². The normalized spacial score (nSPS) is 23.1. The lowest BCUT2D eigenvalue weighted by Gasteiger charge is -2.35. The van der Waals surface area contributed by atoms with Crippen molar-refractivity contribution in [3.05, 3.63) is 29.2 Å². The number of methoxy groups -OCH3 is 1. The summed E-state index contributed by atoms with van der Waals surface area (Å²) in [4.78, 5) is 9.34. The first kappa shape index (κ1) is 19.5. The molecule has 0 radical (unpaired) electrons. The number of ether oxygens (including phenoxy) is 2. The molecular weight excluding hydrogens is 360 g/mol. The van der Waals surface area contributed by atoms with E-state index in [2.05, 4.69) is 37.1 Å². The number of piperidine rings is 1. The Morgan fingerprint density at radius 1 is 1.32 bits per heavy atom. The van der Waals surface area contributed by atoms with Crippen LogP contribution in [0.25, 0.3) is 0 Å². The summed E-state index contributed by atoms with van der Waals surface area (Å²) in [5, 5.41) is 11.6. The molecule has 9 heteroatoms. The van der Waals surface area contributed by atoms with Crippen LogP contribution < -0.4 is 0 Å². The zero-order valence-electron chi connectivity index (χ0n) is 16.8. The Hall–Kier alpha value is -1.81. The van der Waals surface area contributed by atoms with Gasteiger partial charge in [-0.05, 0) is 26.3 Å². The third-order valence-corrected chi connectivity index (χ3v) is 5.77. The molecule has 0 spiro atoms. The van der Waals surface area contributed by atoms with Gasteiger partial charge in [-0.25, -0.2) is 0 Å². The Labute approximate surface area is 165 Å². The SMILES string of the molecule is COCc1noc([C@H](C)N2CCC[C@@H](c3[nH]ncc3CN3CCOCC3)C2)n1. The summed E-state index contributed by atoms with van der Waals surface area (Å²) < 4.78 is 16.0. The molecule has 0 aromatic carbocycles. The predicted octanol–water partition coefficient (Wildman–Crippen LogP) is 1.71. The maximum atomic E-state index is 5.47. The van der Waals surface area contributed by atoms with Gasteiger partial charge in [0, 0.05) is 50.5 Å². The molecular formula is C19H30N6O3. The highest BCUT2D eigenvalue weighted by atomic mass is 16.5. The minimum absolute atomic E-state index is 0.0894. The Balaban J connectivity index is 1.41. The van der Waals surface area contributed by atoms with E-state index in [4.69, 9.17) is 14.0 Å². The highest BCUT2D eigenvalue weighted by Gasteiger charge is 2.30. The average molecular weight is 390 g/mol. The number of rotatable bonds is 7. The standard InChI is InChI=1S/C19H30N6O3/c1-14(19-21-17(13-26-2)23-28-19)25-5-3-4-15(12-25)18-16(10-20-22-18)11-24-6-8-27-9-7-24/h10,14-15H,3-9,11-13H2,1-2H3,(H,20,22)/t14-,15+/m0/s1. The second kappa shape index (κ2) is 9.13. The van der Waals surface area contributed by atoms with E-state index in [1.54, 1.807) is 7.11 Å². The Morgan fingerprint density at radius 3 is 3.00 bits per heavy atom. The van der Waals surface area contributed by atoms with Gasteiger partial charge >= 0.3 is 0 Å². The molecule has 0 amide bonds. The fourth-order valence-corrected chi connectivity index (χ4v) is 4.18. The molecule has 0 unspecified atom stereocenters. The van der Waals surface area contributed by atoms with E-state index < -0.39 is 0 Å². The van der Waals surface area contributed by atoms with Crippen LogP contribution in [0.2, 0.25) is 0 Å². The van der Waals surface area contributed by atoms with Gasteiger partial charge < -0.3 is 14.0 Å². The molecule has 2 aliphatic heterocycles. The Kier molecular flexibility index (Phi) is 6.36. The van der Waals surface area contributed by atoms with Gasteiger partial charge in [-0.15, -0.1) is 0 Å². The number of likely N-dealkylation sites (tertiary alicyclic amines) is 1. The van der Waals surface area contributed by atoms with E-state index in [-0.39, 0.29) is 6.04 Å². The molecule has 28 heavy (non-hydrogen) atoms. The first-order valence-corrected chi connectivity index (χ1v) is 10.1. The molecule has 1 N–H and O–H groups in total. The number of aromatic nitrogens is 4. The molecule has 2 aromatic heterocycles. The average Bonchev–Trinajstić information content (AvgIpc) is 3.38. The van der Waals surface area contributed by atoms with Gasteiger partial charge in [0.2, 0.25) is 5.89 Å². The number of nitrogens with zero attached hydrogens (tertiary/aromatic N) is 5. The second-order valence-electron chi connectivity index (χ2n) is 7.69. The lowest BCUT2D eigenvalue weighted by atomic mass is 9.91. The van der Waals surface area contributed by atoms with Gasteiger partial charge in [-0.1, -0.05) is 5.16 Å². The third-order valence-electron chi connectivity index (χ3n) is 5.77. The molecule has 154 valence electrons. The second-order valence-corrected chi connectivity index (χ2v) is 7.69. The molecule has 2 aliphatic rings. The maximum absolute atomic E-state index is 5.47. The third kappa shape index (κ3) is 4.43. The van der Waals surface area contributed by atoms with E-state index in [1.165, 1.54) is 17.7 Å². The van der Waals surface area contributed by atoms with Crippen molar-refractivity contribution in [2.75, 3.05) is 46.5 Å². The van der Waals surface area contributed by atoms with E-state index in [9.17, 15) is 0 Å². The number of H-pyrrole nitrogens is 1. The molecule has 2 fully saturated rings. The Morgan fingerprint density at radius 2 is 2.18 bits per heavy atom. The van der Waals surface area contributed by atoms with Crippen LogP contribution in [0.5, 0.6) is 0 Å². The van der Waals surface area contributed by atoms with E-state index in [1.807, 2.05) is 6.20 Å². The van der Waals surface area contributed by atoms with Crippen LogP contribution >= 0.6 is 0 Å². The summed E-state index contributed by atoms with van der Waals surface area (Å²) in [6, 6.07) is 0.0894. The largest absolute Gasteiger partial charge is 0.379 e. The van der Waals surface area contributed by atoms with Crippen molar-refractivity contribution < 1.29 is 14.0 Å². The van der Waals surface area contributed by atoms with Crippen LogP contribution in [0.15, 0.2) is 10.7 Å². The Bertz CT molecular complexity index is 742. The van der Waals surface area contributed by atoms with Crippen molar-refractivity contribution in [1.29, 1.82) is 0 Å². The monoisotopic (exact) mass is 390 g/mol. The summed E-state index contributed by atoms with van der Waals surface area (Å²) >= 11 is 0. The molecule has 0 bridgehead atoms. The number of nitrogens with one attached hydrogen (secondary N) is 1. The number of aromatic amines is 1. The summed E-state index contributed by atoms with van der Waals surface area (Å²) in [6.45, 7) is 9.04. The molecule has 2 atom stereocenters. The van der Waals surface area contributed by atoms with Crippen molar-refractivity contribution in [3.63, 3.8) is 0 Å². The van der Waals surface area contributed by atoms with Crippen molar-refractivity contribution in [3.8, 4) is 0 Å². The van der Waals surface area contributed by atoms with Crippen LogP contribution in [0.1, 0.15) is 54.7 Å². The predicted molar refractivity (Wildman–Crippen MR) is 102 cm³/mol. The van der Waals surface area contributed by atoms with Gasteiger partial charge in [0.25, 0.3) is 0 Å².